The number of fused-ring (bicyclic) bond motifs is 1. The van der Waals surface area contributed by atoms with E-state index in [1.54, 1.807) is 0 Å². The van der Waals surface area contributed by atoms with Crippen molar-refractivity contribution in [1.29, 1.82) is 0 Å². The predicted molar refractivity (Wildman–Crippen MR) is 99.0 cm³/mol. The molecule has 1 fully saturated rings. The Bertz CT molecular complexity index is 760. The van der Waals surface area contributed by atoms with Gasteiger partial charge in [-0.2, -0.15) is 9.61 Å². The summed E-state index contributed by atoms with van der Waals surface area (Å²) in [7, 11) is 0. The number of aryl methyl sites for hydroxylation is 2. The highest BCUT2D eigenvalue weighted by Crippen LogP contribution is 2.20. The van der Waals surface area contributed by atoms with E-state index in [4.69, 9.17) is 0 Å². The lowest BCUT2D eigenvalue weighted by molar-refractivity contribution is -0.126. The molecule has 1 amide bonds. The van der Waals surface area contributed by atoms with Crippen molar-refractivity contribution in [3.05, 3.63) is 23.5 Å². The second kappa shape index (κ2) is 7.00. The molecule has 7 heteroatoms. The fourth-order valence-electron chi connectivity index (χ4n) is 3.33. The molecule has 1 saturated heterocycles. The summed E-state index contributed by atoms with van der Waals surface area (Å²) in [6.07, 6.45) is 0. The van der Waals surface area contributed by atoms with Crippen LogP contribution in [-0.4, -0.2) is 63.7 Å². The molecule has 2 aromatic rings. The molecular formula is C18H28N6O. The quantitative estimate of drug-likeness (QED) is 0.908. The molecule has 0 bridgehead atoms. The number of anilines is 1. The van der Waals surface area contributed by atoms with E-state index in [9.17, 15) is 4.79 Å². The number of rotatable bonds is 4. The van der Waals surface area contributed by atoms with Crippen molar-refractivity contribution in [3.8, 4) is 0 Å². The fourth-order valence-corrected chi connectivity index (χ4v) is 3.33. The number of piperazine rings is 1. The van der Waals surface area contributed by atoms with Crippen molar-refractivity contribution in [2.45, 2.75) is 46.7 Å². The number of nitrogens with one attached hydrogen (secondary N) is 1. The molecule has 0 saturated carbocycles. The number of hydrogen-bond acceptors (Lipinski definition) is 5. The van der Waals surface area contributed by atoms with Gasteiger partial charge in [0.2, 0.25) is 5.91 Å². The van der Waals surface area contributed by atoms with Crippen LogP contribution in [0.3, 0.4) is 0 Å². The van der Waals surface area contributed by atoms with Crippen LogP contribution < -0.4 is 10.2 Å². The molecule has 0 aromatic carbocycles. The predicted octanol–water partition coefficient (Wildman–Crippen LogP) is 1.38. The van der Waals surface area contributed by atoms with Gasteiger partial charge in [-0.3, -0.25) is 9.69 Å². The average Bonchev–Trinajstić information content (AvgIpc) is 2.92. The number of carbonyl (C=O) groups excluding carboxylic acids is 1. The highest BCUT2D eigenvalue weighted by atomic mass is 16.2. The van der Waals surface area contributed by atoms with E-state index in [0.717, 1.165) is 49.0 Å². The van der Waals surface area contributed by atoms with Gasteiger partial charge >= 0.3 is 0 Å². The summed E-state index contributed by atoms with van der Waals surface area (Å²) in [5.41, 5.74) is 2.85. The van der Waals surface area contributed by atoms with Crippen molar-refractivity contribution in [3.63, 3.8) is 0 Å². The lowest BCUT2D eigenvalue weighted by atomic mass is 10.2. The fraction of sp³-hybridized carbons (Fsp3) is 0.611. The van der Waals surface area contributed by atoms with Crippen LogP contribution >= 0.6 is 0 Å². The third-order valence-electron chi connectivity index (χ3n) is 4.65. The minimum Gasteiger partial charge on any atom is -0.354 e. The van der Waals surface area contributed by atoms with E-state index in [0.29, 0.717) is 0 Å². The van der Waals surface area contributed by atoms with Crippen LogP contribution in [0.2, 0.25) is 0 Å². The van der Waals surface area contributed by atoms with Crippen LogP contribution in [0, 0.1) is 13.8 Å². The highest BCUT2D eigenvalue weighted by molar-refractivity contribution is 5.81. The molecule has 136 valence electrons. The first kappa shape index (κ1) is 17.7. The summed E-state index contributed by atoms with van der Waals surface area (Å²) in [6, 6.07) is 4.16. The van der Waals surface area contributed by atoms with Crippen molar-refractivity contribution in [2.24, 2.45) is 0 Å². The Morgan fingerprint density at radius 3 is 2.40 bits per heavy atom. The molecule has 1 atom stereocenters. The van der Waals surface area contributed by atoms with Gasteiger partial charge in [-0.15, -0.1) is 0 Å². The molecule has 2 aromatic heterocycles. The first-order chi connectivity index (χ1) is 11.8. The Morgan fingerprint density at radius 2 is 1.76 bits per heavy atom. The first-order valence-corrected chi connectivity index (χ1v) is 8.98. The molecule has 1 aliphatic rings. The average molecular weight is 344 g/mol. The van der Waals surface area contributed by atoms with E-state index >= 15 is 0 Å². The van der Waals surface area contributed by atoms with Gasteiger partial charge in [0.1, 0.15) is 5.82 Å². The smallest absolute Gasteiger partial charge is 0.237 e. The molecule has 1 aliphatic heterocycles. The van der Waals surface area contributed by atoms with Crippen LogP contribution in [0.25, 0.3) is 5.65 Å². The molecule has 0 radical (unpaired) electrons. The van der Waals surface area contributed by atoms with Crippen molar-refractivity contribution < 1.29 is 4.79 Å². The second-order valence-electron chi connectivity index (χ2n) is 7.17. The van der Waals surface area contributed by atoms with E-state index < -0.39 is 0 Å². The number of carbonyl (C=O) groups is 1. The van der Waals surface area contributed by atoms with Gasteiger partial charge in [-0.05, 0) is 34.6 Å². The third kappa shape index (κ3) is 3.76. The maximum atomic E-state index is 12.2. The van der Waals surface area contributed by atoms with Gasteiger partial charge in [-0.25, -0.2) is 4.98 Å². The summed E-state index contributed by atoms with van der Waals surface area (Å²) < 4.78 is 1.92. The van der Waals surface area contributed by atoms with Gasteiger partial charge in [0, 0.05) is 50.0 Å². The molecule has 3 rings (SSSR count). The van der Waals surface area contributed by atoms with Crippen LogP contribution in [0.15, 0.2) is 12.1 Å². The maximum absolute atomic E-state index is 12.2. The monoisotopic (exact) mass is 344 g/mol. The largest absolute Gasteiger partial charge is 0.354 e. The Morgan fingerprint density at radius 1 is 1.08 bits per heavy atom. The Labute approximate surface area is 149 Å². The molecule has 25 heavy (non-hydrogen) atoms. The normalized spacial score (nSPS) is 17.3. The van der Waals surface area contributed by atoms with Crippen molar-refractivity contribution in [1.82, 2.24) is 24.8 Å². The summed E-state index contributed by atoms with van der Waals surface area (Å²) >= 11 is 0. The summed E-state index contributed by atoms with van der Waals surface area (Å²) in [4.78, 5) is 21.4. The first-order valence-electron chi connectivity index (χ1n) is 8.98. The zero-order valence-electron chi connectivity index (χ0n) is 15.8. The summed E-state index contributed by atoms with van der Waals surface area (Å²) in [5.74, 6) is 1.18. The lowest BCUT2D eigenvalue weighted by Gasteiger charge is -2.38. The second-order valence-corrected chi connectivity index (χ2v) is 7.17. The molecule has 0 spiro atoms. The molecule has 7 nitrogen and oxygen atoms in total. The molecular weight excluding hydrogens is 316 g/mol. The third-order valence-corrected chi connectivity index (χ3v) is 4.65. The Kier molecular flexibility index (Phi) is 4.94. The lowest BCUT2D eigenvalue weighted by Crippen LogP contribution is -2.54. The number of aromatic nitrogens is 3. The highest BCUT2D eigenvalue weighted by Gasteiger charge is 2.27. The standard InChI is InChI=1S/C18H28N6O/c1-12(2)19-18(25)15(5)22-6-8-23(9-7-22)17-11-13(3)20-16-10-14(4)21-24(16)17/h10-12,15H,6-9H2,1-5H3,(H,19,25). The van der Waals surface area contributed by atoms with Gasteiger partial charge in [0.25, 0.3) is 0 Å². The summed E-state index contributed by atoms with van der Waals surface area (Å²) in [6.45, 7) is 13.4. The van der Waals surface area contributed by atoms with Gasteiger partial charge < -0.3 is 10.2 Å². The van der Waals surface area contributed by atoms with Crippen LogP contribution in [0.4, 0.5) is 5.82 Å². The number of hydrogen-bond donors (Lipinski definition) is 1. The van der Waals surface area contributed by atoms with Crippen molar-refractivity contribution >= 4 is 17.4 Å². The van der Waals surface area contributed by atoms with E-state index in [1.165, 1.54) is 0 Å². The SMILES string of the molecule is Cc1cc(N2CCN(C(C)C(=O)NC(C)C)CC2)n2nc(C)cc2n1. The van der Waals surface area contributed by atoms with Crippen LogP contribution in [-0.2, 0) is 4.79 Å². The molecule has 3 heterocycles. The molecule has 1 N–H and O–H groups in total. The Hall–Kier alpha value is -2.15. The number of nitrogens with zero attached hydrogens (tertiary/aromatic N) is 5. The van der Waals surface area contributed by atoms with E-state index in [1.807, 2.05) is 45.2 Å². The number of amides is 1. The van der Waals surface area contributed by atoms with Gasteiger partial charge in [0.15, 0.2) is 5.65 Å². The van der Waals surface area contributed by atoms with Crippen LogP contribution in [0.5, 0.6) is 0 Å². The van der Waals surface area contributed by atoms with Crippen molar-refractivity contribution in [2.75, 3.05) is 31.1 Å². The minimum absolute atomic E-state index is 0.101. The maximum Gasteiger partial charge on any atom is 0.237 e. The minimum atomic E-state index is -0.101. The van der Waals surface area contributed by atoms with E-state index in [-0.39, 0.29) is 18.0 Å². The molecule has 0 aliphatic carbocycles. The summed E-state index contributed by atoms with van der Waals surface area (Å²) in [5, 5.41) is 7.58. The zero-order valence-corrected chi connectivity index (χ0v) is 15.8. The van der Waals surface area contributed by atoms with Gasteiger partial charge in [-0.1, -0.05) is 0 Å². The van der Waals surface area contributed by atoms with Gasteiger partial charge in [0.05, 0.1) is 11.7 Å². The topological polar surface area (TPSA) is 65.8 Å². The van der Waals surface area contributed by atoms with E-state index in [2.05, 4.69) is 31.3 Å². The zero-order chi connectivity index (χ0) is 18.1. The Balaban J connectivity index is 1.71. The molecule has 1 unspecified atom stereocenters. The van der Waals surface area contributed by atoms with Crippen LogP contribution in [0.1, 0.15) is 32.2 Å².